The van der Waals surface area contributed by atoms with Gasteiger partial charge in [-0.1, -0.05) is 30.3 Å². The molecular formula is C26H25N5O4. The first-order chi connectivity index (χ1) is 16.9. The number of ketones is 1. The maximum Gasteiger partial charge on any atom is 0.266 e. The Balaban J connectivity index is 1.27. The van der Waals surface area contributed by atoms with Crippen molar-refractivity contribution < 1.29 is 14.3 Å². The van der Waals surface area contributed by atoms with Crippen molar-refractivity contribution >= 4 is 11.7 Å². The van der Waals surface area contributed by atoms with Gasteiger partial charge in [0.1, 0.15) is 5.75 Å². The lowest BCUT2D eigenvalue weighted by Gasteiger charge is -2.10. The Labute approximate surface area is 202 Å². The van der Waals surface area contributed by atoms with E-state index in [1.807, 2.05) is 38.1 Å². The smallest absolute Gasteiger partial charge is 0.266 e. The molecular weight excluding hydrogens is 446 g/mol. The summed E-state index contributed by atoms with van der Waals surface area (Å²) < 4.78 is 8.46. The molecule has 0 bridgehead atoms. The van der Waals surface area contributed by atoms with Gasteiger partial charge in [-0.05, 0) is 50.2 Å². The maximum atomic E-state index is 12.5. The summed E-state index contributed by atoms with van der Waals surface area (Å²) in [7, 11) is 0. The molecule has 2 aromatic heterocycles. The Morgan fingerprint density at radius 2 is 1.63 bits per heavy atom. The van der Waals surface area contributed by atoms with Gasteiger partial charge in [0.05, 0.1) is 12.2 Å². The second-order valence-corrected chi connectivity index (χ2v) is 7.95. The Morgan fingerprint density at radius 3 is 2.31 bits per heavy atom. The van der Waals surface area contributed by atoms with Gasteiger partial charge in [-0.2, -0.15) is 5.10 Å². The van der Waals surface area contributed by atoms with E-state index in [0.29, 0.717) is 22.7 Å². The Morgan fingerprint density at radius 1 is 0.914 bits per heavy atom. The van der Waals surface area contributed by atoms with E-state index < -0.39 is 0 Å². The molecule has 178 valence electrons. The first-order valence-electron chi connectivity index (χ1n) is 11.1. The van der Waals surface area contributed by atoms with E-state index in [2.05, 4.69) is 15.5 Å². The van der Waals surface area contributed by atoms with Crippen LogP contribution in [-0.4, -0.2) is 44.4 Å². The van der Waals surface area contributed by atoms with Gasteiger partial charge in [-0.15, -0.1) is 5.10 Å². The van der Waals surface area contributed by atoms with Crippen LogP contribution < -0.4 is 15.6 Å². The molecule has 2 aromatic carbocycles. The van der Waals surface area contributed by atoms with Gasteiger partial charge < -0.3 is 10.1 Å². The fourth-order valence-electron chi connectivity index (χ4n) is 3.53. The molecule has 0 fully saturated rings. The molecule has 0 unspecified atom stereocenters. The van der Waals surface area contributed by atoms with E-state index in [4.69, 9.17) is 4.74 Å². The number of aryl methyl sites for hydroxylation is 2. The number of benzene rings is 2. The Bertz CT molecular complexity index is 1390. The minimum atomic E-state index is -0.336. The number of carbonyl (C=O) groups excluding carboxylic acids is 2. The molecule has 0 aliphatic carbocycles. The Kier molecular flexibility index (Phi) is 7.15. The molecule has 0 spiro atoms. The monoisotopic (exact) mass is 471 g/mol. The molecule has 9 heteroatoms. The molecule has 2 heterocycles. The van der Waals surface area contributed by atoms with Crippen molar-refractivity contribution in [3.63, 3.8) is 0 Å². The molecule has 35 heavy (non-hydrogen) atoms. The van der Waals surface area contributed by atoms with E-state index >= 15 is 0 Å². The van der Waals surface area contributed by atoms with Crippen LogP contribution in [0.1, 0.15) is 27.3 Å². The topological polar surface area (TPSA) is 108 Å². The average molecular weight is 472 g/mol. The third-order valence-corrected chi connectivity index (χ3v) is 5.25. The van der Waals surface area contributed by atoms with Crippen molar-refractivity contribution in [3.05, 3.63) is 106 Å². The first-order valence-corrected chi connectivity index (χ1v) is 11.1. The fourth-order valence-corrected chi connectivity index (χ4v) is 3.53. The summed E-state index contributed by atoms with van der Waals surface area (Å²) in [6.45, 7) is 4.01. The lowest BCUT2D eigenvalue weighted by Crippen LogP contribution is -2.34. The van der Waals surface area contributed by atoms with Crippen molar-refractivity contribution in [2.24, 2.45) is 0 Å². The van der Waals surface area contributed by atoms with Crippen LogP contribution >= 0.6 is 0 Å². The summed E-state index contributed by atoms with van der Waals surface area (Å²) in [5, 5.41) is 11.4. The summed E-state index contributed by atoms with van der Waals surface area (Å²) in [5.41, 5.74) is 2.63. The zero-order valence-electron chi connectivity index (χ0n) is 19.5. The molecule has 0 atom stereocenters. The predicted molar refractivity (Wildman–Crippen MR) is 130 cm³/mol. The normalized spacial score (nSPS) is 10.7. The second kappa shape index (κ2) is 10.6. The third kappa shape index (κ3) is 5.89. The largest absolute Gasteiger partial charge is 0.484 e. The predicted octanol–water partition coefficient (Wildman–Crippen LogP) is 2.47. The van der Waals surface area contributed by atoms with Gasteiger partial charge in [0, 0.05) is 29.4 Å². The third-order valence-electron chi connectivity index (χ3n) is 5.25. The van der Waals surface area contributed by atoms with Crippen molar-refractivity contribution in [2.75, 3.05) is 13.2 Å². The van der Waals surface area contributed by atoms with E-state index in [-0.39, 0.29) is 36.9 Å². The fraction of sp³-hybridized carbons (Fsp3) is 0.192. The van der Waals surface area contributed by atoms with Gasteiger partial charge in [-0.25, -0.2) is 9.36 Å². The zero-order valence-corrected chi connectivity index (χ0v) is 19.5. The van der Waals surface area contributed by atoms with Crippen molar-refractivity contribution in [1.82, 2.24) is 24.9 Å². The number of nitrogens with zero attached hydrogens (tertiary/aromatic N) is 4. The van der Waals surface area contributed by atoms with Gasteiger partial charge in [0.25, 0.3) is 11.5 Å². The zero-order chi connectivity index (χ0) is 24.8. The number of hydrogen-bond acceptors (Lipinski definition) is 6. The van der Waals surface area contributed by atoms with Crippen molar-refractivity contribution in [2.45, 2.75) is 20.4 Å². The van der Waals surface area contributed by atoms with Crippen LogP contribution in [0.3, 0.4) is 0 Å². The molecule has 0 radical (unpaired) electrons. The van der Waals surface area contributed by atoms with Crippen LogP contribution in [0, 0.1) is 13.8 Å². The number of amides is 1. The maximum absolute atomic E-state index is 12.5. The quantitative estimate of drug-likeness (QED) is 0.376. The summed E-state index contributed by atoms with van der Waals surface area (Å²) in [6.07, 6.45) is 0. The molecule has 1 amide bonds. The standard InChI is InChI=1S/C26H25N5O4/c1-18-16-19(2)31(28-18)23-12-13-25(33)30(29-23)15-14-27-24(32)17-35-22-10-8-21(9-11-22)26(34)20-6-4-3-5-7-20/h3-13,16H,14-15,17H2,1-2H3,(H,27,32). The number of hydrogen-bond donors (Lipinski definition) is 1. The van der Waals surface area contributed by atoms with Crippen molar-refractivity contribution in [1.29, 1.82) is 0 Å². The number of carbonyl (C=O) groups is 2. The van der Waals surface area contributed by atoms with Gasteiger partial charge in [0.15, 0.2) is 18.2 Å². The van der Waals surface area contributed by atoms with Gasteiger partial charge in [0.2, 0.25) is 0 Å². The summed E-state index contributed by atoms with van der Waals surface area (Å²) in [6, 6.07) is 20.6. The first kappa shape index (κ1) is 23.6. The highest BCUT2D eigenvalue weighted by Gasteiger charge is 2.10. The van der Waals surface area contributed by atoms with Crippen LogP contribution in [0.4, 0.5) is 0 Å². The van der Waals surface area contributed by atoms with Gasteiger partial charge >= 0.3 is 0 Å². The number of ether oxygens (including phenoxy) is 1. The van der Waals surface area contributed by atoms with Crippen LogP contribution in [0.2, 0.25) is 0 Å². The highest BCUT2D eigenvalue weighted by molar-refractivity contribution is 6.08. The summed E-state index contributed by atoms with van der Waals surface area (Å²) in [4.78, 5) is 36.8. The molecule has 1 N–H and O–H groups in total. The molecule has 0 saturated carbocycles. The van der Waals surface area contributed by atoms with E-state index in [0.717, 1.165) is 11.4 Å². The van der Waals surface area contributed by atoms with E-state index in [1.54, 1.807) is 47.1 Å². The van der Waals surface area contributed by atoms with E-state index in [9.17, 15) is 14.4 Å². The van der Waals surface area contributed by atoms with Crippen LogP contribution in [0.15, 0.2) is 77.6 Å². The second-order valence-electron chi connectivity index (χ2n) is 7.95. The number of aromatic nitrogens is 4. The highest BCUT2D eigenvalue weighted by atomic mass is 16.5. The average Bonchev–Trinajstić information content (AvgIpc) is 3.22. The van der Waals surface area contributed by atoms with Crippen LogP contribution in [0.5, 0.6) is 5.75 Å². The Hall–Kier alpha value is -4.53. The molecule has 0 aliphatic heterocycles. The number of nitrogens with one attached hydrogen (secondary N) is 1. The highest BCUT2D eigenvalue weighted by Crippen LogP contribution is 2.15. The SMILES string of the molecule is Cc1cc(C)n(-c2ccc(=O)n(CCNC(=O)COc3ccc(C(=O)c4ccccc4)cc3)n2)n1. The molecule has 4 rings (SSSR count). The van der Waals surface area contributed by atoms with E-state index in [1.165, 1.54) is 10.7 Å². The summed E-state index contributed by atoms with van der Waals surface area (Å²) in [5.74, 6) is 0.581. The van der Waals surface area contributed by atoms with Crippen LogP contribution in [0.25, 0.3) is 5.82 Å². The molecule has 0 aliphatic rings. The molecule has 9 nitrogen and oxygen atoms in total. The molecule has 4 aromatic rings. The minimum absolute atomic E-state index is 0.0827. The van der Waals surface area contributed by atoms with Gasteiger partial charge in [-0.3, -0.25) is 14.4 Å². The lowest BCUT2D eigenvalue weighted by atomic mass is 10.0. The lowest BCUT2D eigenvalue weighted by molar-refractivity contribution is -0.123. The molecule has 0 saturated heterocycles. The van der Waals surface area contributed by atoms with Crippen molar-refractivity contribution in [3.8, 4) is 11.6 Å². The van der Waals surface area contributed by atoms with Crippen LogP contribution in [-0.2, 0) is 11.3 Å². The number of rotatable bonds is 9. The minimum Gasteiger partial charge on any atom is -0.484 e. The summed E-state index contributed by atoms with van der Waals surface area (Å²) >= 11 is 0.